The molecule has 0 radical (unpaired) electrons. The van der Waals surface area contributed by atoms with E-state index in [1.54, 1.807) is 19.9 Å². The van der Waals surface area contributed by atoms with Gasteiger partial charge in [-0.05, 0) is 43.5 Å². The van der Waals surface area contributed by atoms with Gasteiger partial charge in [-0.1, -0.05) is 13.8 Å². The molecule has 0 aromatic heterocycles. The van der Waals surface area contributed by atoms with Gasteiger partial charge in [-0.3, -0.25) is 4.79 Å². The largest absolute Gasteiger partial charge is 0.478 e. The Balaban J connectivity index is 2.86. The lowest BCUT2D eigenvalue weighted by molar-refractivity contribution is 0.0142. The van der Waals surface area contributed by atoms with Crippen LogP contribution >= 0.6 is 0 Å². The molecular weight excluding hydrogens is 258 g/mol. The van der Waals surface area contributed by atoms with Gasteiger partial charge in [-0.25, -0.2) is 4.79 Å². The second-order valence-corrected chi connectivity index (χ2v) is 5.59. The summed E-state index contributed by atoms with van der Waals surface area (Å²) in [4.78, 5) is 23.0. The summed E-state index contributed by atoms with van der Waals surface area (Å²) in [5.74, 6) is -1.47. The van der Waals surface area contributed by atoms with E-state index < -0.39 is 17.5 Å². The predicted octanol–water partition coefficient (Wildman–Crippen LogP) is 1.83. The summed E-state index contributed by atoms with van der Waals surface area (Å²) in [6.07, 6.45) is 0. The molecule has 0 aliphatic carbocycles. The molecule has 3 N–H and O–H groups in total. The third-order valence-corrected chi connectivity index (χ3v) is 3.44. The molecule has 0 saturated carbocycles. The van der Waals surface area contributed by atoms with Crippen LogP contribution in [0.25, 0.3) is 0 Å². The van der Waals surface area contributed by atoms with Crippen LogP contribution in [0.5, 0.6) is 0 Å². The van der Waals surface area contributed by atoms with Crippen molar-refractivity contribution in [2.75, 3.05) is 6.54 Å². The monoisotopic (exact) mass is 279 g/mol. The number of benzene rings is 1. The number of aliphatic hydroxyl groups is 1. The van der Waals surface area contributed by atoms with Gasteiger partial charge in [0.25, 0.3) is 5.91 Å². The fourth-order valence-electron chi connectivity index (χ4n) is 1.60. The maximum absolute atomic E-state index is 12.0. The number of carbonyl (C=O) groups is 2. The summed E-state index contributed by atoms with van der Waals surface area (Å²) in [5.41, 5.74) is 0.0492. The quantitative estimate of drug-likeness (QED) is 0.767. The van der Waals surface area contributed by atoms with Gasteiger partial charge in [0.05, 0.1) is 11.2 Å². The van der Waals surface area contributed by atoms with E-state index in [1.165, 1.54) is 12.1 Å². The highest BCUT2D eigenvalue weighted by atomic mass is 16.4. The second kappa shape index (κ2) is 6.05. The SMILES string of the molecule is Cc1cc(C(=O)O)cc(C(=O)NCC(C)(O)C(C)C)c1. The second-order valence-electron chi connectivity index (χ2n) is 5.59. The molecule has 0 aliphatic heterocycles. The minimum atomic E-state index is -1.07. The maximum Gasteiger partial charge on any atom is 0.335 e. The summed E-state index contributed by atoms with van der Waals surface area (Å²) < 4.78 is 0. The predicted molar refractivity (Wildman–Crippen MR) is 75.9 cm³/mol. The molecule has 0 bridgehead atoms. The molecule has 1 atom stereocenters. The van der Waals surface area contributed by atoms with Gasteiger partial charge in [-0.2, -0.15) is 0 Å². The molecule has 1 amide bonds. The van der Waals surface area contributed by atoms with Crippen molar-refractivity contribution >= 4 is 11.9 Å². The zero-order valence-electron chi connectivity index (χ0n) is 12.2. The number of carbonyl (C=O) groups excluding carboxylic acids is 1. The minimum absolute atomic E-state index is 0.00473. The summed E-state index contributed by atoms with van der Waals surface area (Å²) in [6, 6.07) is 4.45. The Morgan fingerprint density at radius 3 is 2.30 bits per heavy atom. The normalized spacial score (nSPS) is 13.9. The molecule has 1 unspecified atom stereocenters. The van der Waals surface area contributed by atoms with Crippen molar-refractivity contribution in [2.24, 2.45) is 5.92 Å². The van der Waals surface area contributed by atoms with Gasteiger partial charge in [0.2, 0.25) is 0 Å². The number of rotatable bonds is 5. The molecule has 0 aliphatic rings. The van der Waals surface area contributed by atoms with E-state index in [1.807, 2.05) is 13.8 Å². The summed E-state index contributed by atoms with van der Waals surface area (Å²) in [5, 5.41) is 21.7. The third kappa shape index (κ3) is 4.06. The van der Waals surface area contributed by atoms with E-state index in [0.29, 0.717) is 5.56 Å². The van der Waals surface area contributed by atoms with Gasteiger partial charge in [0, 0.05) is 12.1 Å². The summed E-state index contributed by atoms with van der Waals surface area (Å²) in [7, 11) is 0. The number of aryl methyl sites for hydroxylation is 1. The van der Waals surface area contributed by atoms with Gasteiger partial charge in [0.15, 0.2) is 0 Å². The summed E-state index contributed by atoms with van der Waals surface area (Å²) in [6.45, 7) is 7.22. The Morgan fingerprint density at radius 1 is 1.25 bits per heavy atom. The molecule has 5 nitrogen and oxygen atoms in total. The van der Waals surface area contributed by atoms with Crippen LogP contribution < -0.4 is 5.32 Å². The smallest absolute Gasteiger partial charge is 0.335 e. The highest BCUT2D eigenvalue weighted by Crippen LogP contribution is 2.15. The molecule has 5 heteroatoms. The van der Waals surface area contributed by atoms with Crippen LogP contribution in [0, 0.1) is 12.8 Å². The first-order valence-corrected chi connectivity index (χ1v) is 6.49. The molecule has 0 saturated heterocycles. The number of aromatic carboxylic acids is 1. The Bertz CT molecular complexity index is 521. The zero-order chi connectivity index (χ0) is 15.5. The highest BCUT2D eigenvalue weighted by Gasteiger charge is 2.25. The number of hydrogen-bond donors (Lipinski definition) is 3. The van der Waals surface area contributed by atoms with E-state index in [2.05, 4.69) is 5.32 Å². The first-order valence-electron chi connectivity index (χ1n) is 6.49. The van der Waals surface area contributed by atoms with E-state index in [0.717, 1.165) is 0 Å². The van der Waals surface area contributed by atoms with Crippen molar-refractivity contribution in [3.8, 4) is 0 Å². The van der Waals surface area contributed by atoms with Crippen LogP contribution in [0.3, 0.4) is 0 Å². The Hall–Kier alpha value is -1.88. The van der Waals surface area contributed by atoms with Crippen molar-refractivity contribution < 1.29 is 19.8 Å². The lowest BCUT2D eigenvalue weighted by atomic mass is 9.92. The molecule has 0 spiro atoms. The van der Waals surface area contributed by atoms with Crippen molar-refractivity contribution in [3.63, 3.8) is 0 Å². The van der Waals surface area contributed by atoms with Crippen LogP contribution in [0.1, 0.15) is 47.1 Å². The lowest BCUT2D eigenvalue weighted by Crippen LogP contribution is -2.44. The van der Waals surface area contributed by atoms with Gasteiger partial charge < -0.3 is 15.5 Å². The van der Waals surface area contributed by atoms with Crippen molar-refractivity contribution in [1.82, 2.24) is 5.32 Å². The van der Waals surface area contributed by atoms with Crippen molar-refractivity contribution in [1.29, 1.82) is 0 Å². The summed E-state index contributed by atoms with van der Waals surface area (Å²) >= 11 is 0. The molecule has 0 heterocycles. The van der Waals surface area contributed by atoms with Crippen LogP contribution in [-0.4, -0.2) is 34.2 Å². The number of carboxylic acid groups (broad SMARTS) is 1. The fourth-order valence-corrected chi connectivity index (χ4v) is 1.60. The fraction of sp³-hybridized carbons (Fsp3) is 0.467. The van der Waals surface area contributed by atoms with E-state index >= 15 is 0 Å². The highest BCUT2D eigenvalue weighted by molar-refractivity contribution is 5.97. The van der Waals surface area contributed by atoms with E-state index in [9.17, 15) is 14.7 Å². The number of amides is 1. The average molecular weight is 279 g/mol. The number of hydrogen-bond acceptors (Lipinski definition) is 3. The molecule has 0 fully saturated rings. The Kier molecular flexibility index (Phi) is 4.89. The van der Waals surface area contributed by atoms with Crippen LogP contribution in [0.15, 0.2) is 18.2 Å². The van der Waals surface area contributed by atoms with Crippen LogP contribution in [0.2, 0.25) is 0 Å². The maximum atomic E-state index is 12.0. The van der Waals surface area contributed by atoms with Gasteiger partial charge >= 0.3 is 5.97 Å². The Labute approximate surface area is 118 Å². The first-order chi connectivity index (χ1) is 9.13. The van der Waals surface area contributed by atoms with Gasteiger partial charge in [-0.15, -0.1) is 0 Å². The molecule has 20 heavy (non-hydrogen) atoms. The van der Waals surface area contributed by atoms with Crippen LogP contribution in [-0.2, 0) is 0 Å². The van der Waals surface area contributed by atoms with Crippen molar-refractivity contribution in [3.05, 3.63) is 34.9 Å². The first kappa shape index (κ1) is 16.2. The number of nitrogens with one attached hydrogen (secondary N) is 1. The average Bonchev–Trinajstić information content (AvgIpc) is 2.35. The molecule has 1 aromatic carbocycles. The van der Waals surface area contributed by atoms with E-state index in [-0.39, 0.29) is 23.6 Å². The minimum Gasteiger partial charge on any atom is -0.478 e. The van der Waals surface area contributed by atoms with E-state index in [4.69, 9.17) is 5.11 Å². The van der Waals surface area contributed by atoms with Gasteiger partial charge in [0.1, 0.15) is 0 Å². The molecular formula is C15H21NO4. The topological polar surface area (TPSA) is 86.6 Å². The molecule has 1 aromatic rings. The lowest BCUT2D eigenvalue weighted by Gasteiger charge is -2.27. The zero-order valence-corrected chi connectivity index (χ0v) is 12.2. The molecule has 1 rings (SSSR count). The third-order valence-electron chi connectivity index (χ3n) is 3.44. The Morgan fingerprint density at radius 2 is 1.80 bits per heavy atom. The standard InChI is InChI=1S/C15H21NO4/c1-9(2)15(4,20)8-16-13(17)11-5-10(3)6-12(7-11)14(18)19/h5-7,9,20H,8H2,1-4H3,(H,16,17)(H,18,19). The molecule has 110 valence electrons. The number of carboxylic acids is 1. The van der Waals surface area contributed by atoms with Crippen molar-refractivity contribution in [2.45, 2.75) is 33.3 Å². The van der Waals surface area contributed by atoms with Crippen LogP contribution in [0.4, 0.5) is 0 Å².